The van der Waals surface area contributed by atoms with Gasteiger partial charge in [0.1, 0.15) is 11.5 Å². The van der Waals surface area contributed by atoms with Crippen LogP contribution >= 0.6 is 0 Å². The Morgan fingerprint density at radius 2 is 1.52 bits per heavy atom. The van der Waals surface area contributed by atoms with Gasteiger partial charge in [0.15, 0.2) is 6.61 Å². The lowest BCUT2D eigenvalue weighted by Crippen LogP contribution is -2.20. The van der Waals surface area contributed by atoms with Gasteiger partial charge in [-0.15, -0.1) is 0 Å². The Balaban J connectivity index is 1.82. The van der Waals surface area contributed by atoms with Gasteiger partial charge in [0, 0.05) is 5.69 Å². The molecular formula is C23H31NO3. The summed E-state index contributed by atoms with van der Waals surface area (Å²) in [5.74, 6) is 1.78. The van der Waals surface area contributed by atoms with E-state index in [1.165, 1.54) is 5.56 Å². The molecular weight excluding hydrogens is 338 g/mol. The Bertz CT molecular complexity index is 718. The Morgan fingerprint density at radius 3 is 2.07 bits per heavy atom. The van der Waals surface area contributed by atoms with Gasteiger partial charge in [-0.1, -0.05) is 46.8 Å². The third kappa shape index (κ3) is 6.63. The van der Waals surface area contributed by atoms with Gasteiger partial charge in [0.2, 0.25) is 0 Å². The van der Waals surface area contributed by atoms with Gasteiger partial charge in [-0.3, -0.25) is 4.79 Å². The molecule has 146 valence electrons. The zero-order chi connectivity index (χ0) is 19.9. The van der Waals surface area contributed by atoms with Gasteiger partial charge >= 0.3 is 0 Å². The Labute approximate surface area is 162 Å². The molecule has 0 aromatic heterocycles. The maximum atomic E-state index is 12.1. The van der Waals surface area contributed by atoms with Crippen LogP contribution in [0, 0.1) is 5.92 Å². The van der Waals surface area contributed by atoms with Crippen molar-refractivity contribution in [3.05, 3.63) is 54.1 Å². The predicted octanol–water partition coefficient (Wildman–Crippen LogP) is 5.43. The maximum absolute atomic E-state index is 12.1. The summed E-state index contributed by atoms with van der Waals surface area (Å²) < 4.78 is 11.2. The molecule has 0 atom stereocenters. The Morgan fingerprint density at radius 1 is 0.963 bits per heavy atom. The van der Waals surface area contributed by atoms with E-state index in [2.05, 4.69) is 52.1 Å². The molecule has 0 spiro atoms. The first kappa shape index (κ1) is 20.8. The first-order valence-electron chi connectivity index (χ1n) is 9.56. The van der Waals surface area contributed by atoms with Crippen LogP contribution in [0.5, 0.6) is 11.5 Å². The predicted molar refractivity (Wildman–Crippen MR) is 111 cm³/mol. The molecule has 1 N–H and O–H groups in total. The topological polar surface area (TPSA) is 47.6 Å². The summed E-state index contributed by atoms with van der Waals surface area (Å²) >= 11 is 0. The molecule has 0 bridgehead atoms. The molecule has 0 saturated heterocycles. The molecule has 4 heteroatoms. The van der Waals surface area contributed by atoms with Crippen molar-refractivity contribution < 1.29 is 14.3 Å². The molecule has 0 aliphatic rings. The molecule has 4 nitrogen and oxygen atoms in total. The average Bonchev–Trinajstić information content (AvgIpc) is 2.66. The Kier molecular flexibility index (Phi) is 7.28. The van der Waals surface area contributed by atoms with Gasteiger partial charge in [-0.25, -0.2) is 0 Å². The van der Waals surface area contributed by atoms with Crippen molar-refractivity contribution in [3.63, 3.8) is 0 Å². The summed E-state index contributed by atoms with van der Waals surface area (Å²) in [5.41, 5.74) is 2.13. The lowest BCUT2D eigenvalue weighted by molar-refractivity contribution is -0.118. The summed E-state index contributed by atoms with van der Waals surface area (Å²) in [6.07, 6.45) is 1.07. The summed E-state index contributed by atoms with van der Waals surface area (Å²) in [6, 6.07) is 15.3. The van der Waals surface area contributed by atoms with Crippen LogP contribution in [0.25, 0.3) is 0 Å². The number of hydrogen-bond donors (Lipinski definition) is 1. The van der Waals surface area contributed by atoms with E-state index in [0.29, 0.717) is 18.3 Å². The number of hydrogen-bond acceptors (Lipinski definition) is 3. The number of ether oxygens (including phenoxy) is 2. The van der Waals surface area contributed by atoms with Crippen LogP contribution in [0.1, 0.15) is 46.6 Å². The van der Waals surface area contributed by atoms with Crippen molar-refractivity contribution in [3.8, 4) is 11.5 Å². The van der Waals surface area contributed by atoms with Crippen molar-refractivity contribution in [2.45, 2.75) is 46.5 Å². The lowest BCUT2D eigenvalue weighted by Gasteiger charge is -2.23. The highest BCUT2D eigenvalue weighted by Gasteiger charge is 2.17. The molecule has 27 heavy (non-hydrogen) atoms. The number of anilines is 1. The van der Waals surface area contributed by atoms with Gasteiger partial charge in [0.05, 0.1) is 6.61 Å². The Hall–Kier alpha value is -2.49. The molecule has 0 aliphatic heterocycles. The van der Waals surface area contributed by atoms with Crippen molar-refractivity contribution in [1.29, 1.82) is 0 Å². The smallest absolute Gasteiger partial charge is 0.262 e. The standard InChI is InChI=1S/C23H31NO3/c1-6-23(4,5)18-7-11-20(12-8-18)27-16-22(25)24-19-9-13-21(14-10-19)26-15-17(2)3/h7-14,17H,6,15-16H2,1-5H3,(H,24,25). The third-order valence-electron chi connectivity index (χ3n) is 4.61. The molecule has 0 saturated carbocycles. The van der Waals surface area contributed by atoms with Crippen molar-refractivity contribution >= 4 is 11.6 Å². The summed E-state index contributed by atoms with van der Waals surface area (Å²) in [6.45, 7) is 11.5. The molecule has 0 heterocycles. The van der Waals surface area contributed by atoms with Gasteiger partial charge in [-0.05, 0) is 59.7 Å². The normalized spacial score (nSPS) is 11.3. The zero-order valence-electron chi connectivity index (χ0n) is 17.0. The first-order valence-corrected chi connectivity index (χ1v) is 9.56. The highest BCUT2D eigenvalue weighted by molar-refractivity contribution is 5.91. The van der Waals surface area contributed by atoms with Crippen LogP contribution in [0.2, 0.25) is 0 Å². The van der Waals surface area contributed by atoms with E-state index in [1.54, 1.807) is 0 Å². The molecule has 2 aromatic carbocycles. The summed E-state index contributed by atoms with van der Waals surface area (Å²) in [4.78, 5) is 12.1. The molecule has 0 aliphatic carbocycles. The second kappa shape index (κ2) is 9.45. The first-order chi connectivity index (χ1) is 12.8. The number of carbonyl (C=O) groups excluding carboxylic acids is 1. The molecule has 1 amide bonds. The van der Waals surface area contributed by atoms with Crippen LogP contribution in [0.4, 0.5) is 5.69 Å². The van der Waals surface area contributed by atoms with Crippen LogP contribution in [0.3, 0.4) is 0 Å². The second-order valence-electron chi connectivity index (χ2n) is 7.83. The van der Waals surface area contributed by atoms with Crippen LogP contribution in [-0.2, 0) is 10.2 Å². The highest BCUT2D eigenvalue weighted by Crippen LogP contribution is 2.28. The number of amides is 1. The van der Waals surface area contributed by atoms with Gasteiger partial charge in [0.25, 0.3) is 5.91 Å². The van der Waals surface area contributed by atoms with E-state index in [4.69, 9.17) is 9.47 Å². The number of benzene rings is 2. The fourth-order valence-electron chi connectivity index (χ4n) is 2.45. The van der Waals surface area contributed by atoms with E-state index < -0.39 is 0 Å². The fourth-order valence-corrected chi connectivity index (χ4v) is 2.45. The highest BCUT2D eigenvalue weighted by atomic mass is 16.5. The average molecular weight is 370 g/mol. The van der Waals surface area contributed by atoms with Gasteiger partial charge in [-0.2, -0.15) is 0 Å². The lowest BCUT2D eigenvalue weighted by atomic mass is 9.82. The summed E-state index contributed by atoms with van der Waals surface area (Å²) in [7, 11) is 0. The third-order valence-corrected chi connectivity index (χ3v) is 4.61. The monoisotopic (exact) mass is 369 g/mol. The zero-order valence-corrected chi connectivity index (χ0v) is 17.0. The van der Waals surface area contributed by atoms with Crippen molar-refractivity contribution in [1.82, 2.24) is 0 Å². The van der Waals surface area contributed by atoms with E-state index in [0.717, 1.165) is 17.9 Å². The van der Waals surface area contributed by atoms with Crippen LogP contribution in [-0.4, -0.2) is 19.1 Å². The maximum Gasteiger partial charge on any atom is 0.262 e. The van der Waals surface area contributed by atoms with E-state index >= 15 is 0 Å². The number of rotatable bonds is 9. The van der Waals surface area contributed by atoms with Gasteiger partial charge < -0.3 is 14.8 Å². The molecule has 0 fully saturated rings. The SMILES string of the molecule is CCC(C)(C)c1ccc(OCC(=O)Nc2ccc(OCC(C)C)cc2)cc1. The van der Waals surface area contributed by atoms with Crippen LogP contribution < -0.4 is 14.8 Å². The fraction of sp³-hybridized carbons (Fsp3) is 0.435. The van der Waals surface area contributed by atoms with Crippen LogP contribution in [0.15, 0.2) is 48.5 Å². The minimum atomic E-state index is -0.191. The summed E-state index contributed by atoms with van der Waals surface area (Å²) in [5, 5.41) is 2.83. The van der Waals surface area contributed by atoms with Crippen molar-refractivity contribution in [2.24, 2.45) is 5.92 Å². The number of nitrogens with one attached hydrogen (secondary N) is 1. The largest absolute Gasteiger partial charge is 0.493 e. The second-order valence-corrected chi connectivity index (χ2v) is 7.83. The molecule has 0 unspecified atom stereocenters. The minimum absolute atomic E-state index is 0.0257. The quantitative estimate of drug-likeness (QED) is 0.641. The number of carbonyl (C=O) groups is 1. The molecule has 2 rings (SSSR count). The minimum Gasteiger partial charge on any atom is -0.493 e. The van der Waals surface area contributed by atoms with E-state index in [-0.39, 0.29) is 17.9 Å². The molecule has 0 radical (unpaired) electrons. The van der Waals surface area contributed by atoms with E-state index in [1.807, 2.05) is 36.4 Å². The van der Waals surface area contributed by atoms with Crippen molar-refractivity contribution in [2.75, 3.05) is 18.5 Å². The van der Waals surface area contributed by atoms with E-state index in [9.17, 15) is 4.79 Å². The molecule has 2 aromatic rings.